The number of rotatable bonds is 7. The minimum absolute atomic E-state index is 0.0520. The van der Waals surface area contributed by atoms with Crippen LogP contribution in [0.25, 0.3) is 0 Å². The van der Waals surface area contributed by atoms with Gasteiger partial charge >= 0.3 is 6.09 Å². The molecule has 0 aliphatic rings. The fourth-order valence-electron chi connectivity index (χ4n) is 2.19. The summed E-state index contributed by atoms with van der Waals surface area (Å²) in [7, 11) is 1.36. The van der Waals surface area contributed by atoms with E-state index in [1.807, 2.05) is 0 Å². The molecule has 144 valence electrons. The first kappa shape index (κ1) is 21.4. The zero-order chi connectivity index (χ0) is 19.9. The van der Waals surface area contributed by atoms with E-state index in [1.54, 1.807) is 27.7 Å². The standard InChI is InChI=1S/C17H25N3O6/c1-6-19(25-5)15(21)14(18-16(22)26-17(2,3)4)11-12-7-9-13(10-8-12)20(23)24/h7-10,14H,6,11H2,1-5H3,(H,18,22). The summed E-state index contributed by atoms with van der Waals surface area (Å²) < 4.78 is 5.20. The van der Waals surface area contributed by atoms with Gasteiger partial charge in [-0.3, -0.25) is 19.7 Å². The van der Waals surface area contributed by atoms with Crippen molar-refractivity contribution >= 4 is 17.7 Å². The number of nitro groups is 1. The highest BCUT2D eigenvalue weighted by Gasteiger charge is 2.28. The van der Waals surface area contributed by atoms with Crippen LogP contribution in [0.1, 0.15) is 33.3 Å². The molecule has 1 aromatic carbocycles. The Balaban J connectivity index is 2.97. The Labute approximate surface area is 152 Å². The molecule has 1 atom stereocenters. The van der Waals surface area contributed by atoms with E-state index in [0.717, 1.165) is 5.06 Å². The molecule has 1 N–H and O–H groups in total. The molecule has 0 aliphatic heterocycles. The van der Waals surface area contributed by atoms with Crippen LogP contribution < -0.4 is 5.32 Å². The van der Waals surface area contributed by atoms with E-state index in [0.29, 0.717) is 12.1 Å². The summed E-state index contributed by atoms with van der Waals surface area (Å²) in [6.07, 6.45) is -0.597. The van der Waals surface area contributed by atoms with E-state index in [1.165, 1.54) is 31.4 Å². The number of carbonyl (C=O) groups is 2. The van der Waals surface area contributed by atoms with Gasteiger partial charge in [0.05, 0.1) is 12.0 Å². The Morgan fingerprint density at radius 2 is 1.85 bits per heavy atom. The maximum Gasteiger partial charge on any atom is 0.408 e. The largest absolute Gasteiger partial charge is 0.444 e. The molecule has 1 unspecified atom stereocenters. The van der Waals surface area contributed by atoms with Crippen LogP contribution in [-0.4, -0.2) is 47.3 Å². The van der Waals surface area contributed by atoms with E-state index in [4.69, 9.17) is 9.57 Å². The number of nitro benzene ring substituents is 1. The molecule has 9 nitrogen and oxygen atoms in total. The summed E-state index contributed by atoms with van der Waals surface area (Å²) in [5, 5.41) is 14.4. The molecule has 2 amide bonds. The number of likely N-dealkylation sites (N-methyl/N-ethyl adjacent to an activating group) is 1. The molecule has 0 saturated carbocycles. The number of nitrogens with one attached hydrogen (secondary N) is 1. The van der Waals surface area contributed by atoms with E-state index < -0.39 is 28.6 Å². The van der Waals surface area contributed by atoms with Crippen molar-refractivity contribution < 1.29 is 24.1 Å². The SMILES string of the molecule is CCN(OC)C(=O)C(Cc1ccc([N+](=O)[O-])cc1)NC(=O)OC(C)(C)C. The number of carbonyl (C=O) groups excluding carboxylic acids is 2. The summed E-state index contributed by atoms with van der Waals surface area (Å²) in [5.41, 5.74) is -0.113. The first-order chi connectivity index (χ1) is 12.1. The number of alkyl carbamates (subject to hydrolysis) is 1. The van der Waals surface area contributed by atoms with Gasteiger partial charge < -0.3 is 10.1 Å². The average molecular weight is 367 g/mol. The maximum atomic E-state index is 12.6. The van der Waals surface area contributed by atoms with Gasteiger partial charge in [-0.15, -0.1) is 0 Å². The lowest BCUT2D eigenvalue weighted by Crippen LogP contribution is -2.50. The Morgan fingerprint density at radius 3 is 2.27 bits per heavy atom. The Bertz CT molecular complexity index is 635. The molecule has 0 fully saturated rings. The zero-order valence-electron chi connectivity index (χ0n) is 15.6. The third-order valence-corrected chi connectivity index (χ3v) is 3.33. The van der Waals surface area contributed by atoms with Crippen molar-refractivity contribution in [2.75, 3.05) is 13.7 Å². The molecule has 1 aromatic rings. The van der Waals surface area contributed by atoms with Crippen LogP contribution in [0.5, 0.6) is 0 Å². The minimum Gasteiger partial charge on any atom is -0.444 e. The summed E-state index contributed by atoms with van der Waals surface area (Å²) in [4.78, 5) is 39.9. The van der Waals surface area contributed by atoms with Gasteiger partial charge in [0.15, 0.2) is 0 Å². The second kappa shape index (κ2) is 9.14. The van der Waals surface area contributed by atoms with E-state index in [-0.39, 0.29) is 12.1 Å². The fraction of sp³-hybridized carbons (Fsp3) is 0.529. The number of hydrogen-bond acceptors (Lipinski definition) is 6. The summed E-state index contributed by atoms with van der Waals surface area (Å²) >= 11 is 0. The van der Waals surface area contributed by atoms with Crippen molar-refractivity contribution in [3.05, 3.63) is 39.9 Å². The zero-order valence-corrected chi connectivity index (χ0v) is 15.6. The number of ether oxygens (including phenoxy) is 1. The van der Waals surface area contributed by atoms with Crippen LogP contribution in [-0.2, 0) is 20.8 Å². The van der Waals surface area contributed by atoms with E-state index in [2.05, 4.69) is 5.32 Å². The molecule has 0 radical (unpaired) electrons. The highest BCUT2D eigenvalue weighted by Crippen LogP contribution is 2.15. The highest BCUT2D eigenvalue weighted by atomic mass is 16.7. The number of nitrogens with zero attached hydrogens (tertiary/aromatic N) is 2. The quantitative estimate of drug-likeness (QED) is 0.585. The lowest BCUT2D eigenvalue weighted by molar-refractivity contribution is -0.384. The molecule has 26 heavy (non-hydrogen) atoms. The van der Waals surface area contributed by atoms with Crippen molar-refractivity contribution in [1.29, 1.82) is 0 Å². The van der Waals surface area contributed by atoms with Crippen molar-refractivity contribution in [2.24, 2.45) is 0 Å². The van der Waals surface area contributed by atoms with Crippen molar-refractivity contribution in [2.45, 2.75) is 45.8 Å². The molecule has 0 aromatic heterocycles. The van der Waals surface area contributed by atoms with Gasteiger partial charge in [-0.05, 0) is 33.3 Å². The van der Waals surface area contributed by atoms with Crippen LogP contribution in [0.3, 0.4) is 0 Å². The molecule has 0 spiro atoms. The molecule has 9 heteroatoms. The van der Waals surface area contributed by atoms with Gasteiger partial charge in [-0.2, -0.15) is 0 Å². The Kier molecular flexibility index (Phi) is 7.51. The number of benzene rings is 1. The summed E-state index contributed by atoms with van der Waals surface area (Å²) in [5.74, 6) is -0.445. The lowest BCUT2D eigenvalue weighted by atomic mass is 10.0. The van der Waals surface area contributed by atoms with E-state index in [9.17, 15) is 19.7 Å². The summed E-state index contributed by atoms with van der Waals surface area (Å²) in [6, 6.07) is 4.83. The Hall–Kier alpha value is -2.68. The Morgan fingerprint density at radius 1 is 1.27 bits per heavy atom. The van der Waals surface area contributed by atoms with Gasteiger partial charge in [-0.1, -0.05) is 12.1 Å². The number of amides is 2. The number of hydroxylamine groups is 2. The van der Waals surface area contributed by atoms with Gasteiger partial charge in [0.1, 0.15) is 11.6 Å². The number of non-ortho nitro benzene ring substituents is 1. The van der Waals surface area contributed by atoms with Crippen LogP contribution >= 0.6 is 0 Å². The van der Waals surface area contributed by atoms with Gasteiger partial charge in [0.2, 0.25) is 0 Å². The second-order valence-electron chi connectivity index (χ2n) is 6.54. The topological polar surface area (TPSA) is 111 Å². The number of hydrogen-bond donors (Lipinski definition) is 1. The van der Waals surface area contributed by atoms with Crippen LogP contribution in [0.4, 0.5) is 10.5 Å². The van der Waals surface area contributed by atoms with Crippen LogP contribution in [0.2, 0.25) is 0 Å². The predicted octanol–water partition coefficient (Wildman–Crippen LogP) is 2.44. The first-order valence-corrected chi connectivity index (χ1v) is 8.15. The molecule has 0 bridgehead atoms. The molecule has 1 rings (SSSR count). The minimum atomic E-state index is -0.939. The predicted molar refractivity (Wildman–Crippen MR) is 94.4 cm³/mol. The average Bonchev–Trinajstić information content (AvgIpc) is 2.54. The molecule has 0 saturated heterocycles. The molecular formula is C17H25N3O6. The molecule has 0 aliphatic carbocycles. The fourth-order valence-corrected chi connectivity index (χ4v) is 2.19. The van der Waals surface area contributed by atoms with Gasteiger partial charge in [0.25, 0.3) is 11.6 Å². The van der Waals surface area contributed by atoms with Crippen molar-refractivity contribution in [1.82, 2.24) is 10.4 Å². The van der Waals surface area contributed by atoms with Gasteiger partial charge in [0, 0.05) is 25.1 Å². The third-order valence-electron chi connectivity index (χ3n) is 3.33. The van der Waals surface area contributed by atoms with Gasteiger partial charge in [-0.25, -0.2) is 9.86 Å². The normalized spacial score (nSPS) is 12.2. The maximum absolute atomic E-state index is 12.6. The smallest absolute Gasteiger partial charge is 0.408 e. The second-order valence-corrected chi connectivity index (χ2v) is 6.54. The first-order valence-electron chi connectivity index (χ1n) is 8.15. The van der Waals surface area contributed by atoms with Crippen molar-refractivity contribution in [3.8, 4) is 0 Å². The third kappa shape index (κ3) is 6.67. The monoisotopic (exact) mass is 367 g/mol. The molecule has 0 heterocycles. The van der Waals surface area contributed by atoms with Crippen LogP contribution in [0.15, 0.2) is 24.3 Å². The van der Waals surface area contributed by atoms with Crippen LogP contribution in [0, 0.1) is 10.1 Å². The molecular weight excluding hydrogens is 342 g/mol. The van der Waals surface area contributed by atoms with E-state index >= 15 is 0 Å². The summed E-state index contributed by atoms with van der Waals surface area (Å²) in [6.45, 7) is 7.17. The lowest BCUT2D eigenvalue weighted by Gasteiger charge is -2.26. The highest BCUT2D eigenvalue weighted by molar-refractivity contribution is 5.85. The van der Waals surface area contributed by atoms with Crippen molar-refractivity contribution in [3.63, 3.8) is 0 Å².